The van der Waals surface area contributed by atoms with Gasteiger partial charge in [-0.2, -0.15) is 0 Å². The minimum absolute atomic E-state index is 0.0675. The van der Waals surface area contributed by atoms with Gasteiger partial charge in [0.25, 0.3) is 0 Å². The highest BCUT2D eigenvalue weighted by atomic mass is 35.5. The third-order valence-electron chi connectivity index (χ3n) is 6.83. The number of aryl methyl sites for hydroxylation is 1. The summed E-state index contributed by atoms with van der Waals surface area (Å²) in [6.45, 7) is 3.46. The fraction of sp³-hybridized carbons (Fsp3) is 0.167. The van der Waals surface area contributed by atoms with E-state index in [1.807, 2.05) is 55.5 Å². The zero-order chi connectivity index (χ0) is 26.4. The highest BCUT2D eigenvalue weighted by Crippen LogP contribution is 2.42. The number of hydrogen-bond acceptors (Lipinski definition) is 6. The van der Waals surface area contributed by atoms with Gasteiger partial charge >= 0.3 is 5.97 Å². The number of aromatic nitrogens is 2. The Morgan fingerprint density at radius 3 is 2.66 bits per heavy atom. The number of thiazole rings is 1. The topological polar surface area (TPSA) is 75.6 Å². The zero-order valence-electron chi connectivity index (χ0n) is 20.9. The average Bonchev–Trinajstić information content (AvgIpc) is 3.33. The molecule has 0 aliphatic carbocycles. The zero-order valence-corrected chi connectivity index (χ0v) is 22.4. The number of nitrogens with zero attached hydrogens (tertiary/aromatic N) is 3. The molecule has 2 aromatic heterocycles. The average molecular weight is 542 g/mol. The Balaban J connectivity index is 1.47. The van der Waals surface area contributed by atoms with E-state index in [2.05, 4.69) is 29.1 Å². The van der Waals surface area contributed by atoms with Crippen molar-refractivity contribution in [2.24, 2.45) is 0 Å². The summed E-state index contributed by atoms with van der Waals surface area (Å²) in [6.07, 6.45) is 1.73. The molecule has 3 heterocycles. The number of halogens is 1. The van der Waals surface area contributed by atoms with Gasteiger partial charge in [-0.25, -0.2) is 4.98 Å². The number of anilines is 1. The standard InChI is InChI=1S/C30H24ClN3O3S/c1-17-13-24-29(28(22(17)16-27(35)36)18-3-6-21(31)7-4-18)38-30(33-24)20-9-10-32-23(14-20)19-5-8-25-26(15-19)37-12-11-34(25)2/h3-10,13-15H,11-12,16H2,1-2H3,(H,35,36). The molecule has 6 nitrogen and oxygen atoms in total. The molecule has 3 aromatic carbocycles. The highest BCUT2D eigenvalue weighted by molar-refractivity contribution is 7.22. The lowest BCUT2D eigenvalue weighted by Gasteiger charge is -2.27. The first kappa shape index (κ1) is 24.4. The van der Waals surface area contributed by atoms with Gasteiger partial charge in [0.2, 0.25) is 0 Å². The molecule has 6 rings (SSSR count). The van der Waals surface area contributed by atoms with Crippen molar-refractivity contribution < 1.29 is 14.6 Å². The Hall–Kier alpha value is -3.94. The van der Waals surface area contributed by atoms with Crippen molar-refractivity contribution >= 4 is 44.8 Å². The first-order valence-corrected chi connectivity index (χ1v) is 13.4. The number of ether oxygens (including phenoxy) is 1. The van der Waals surface area contributed by atoms with Gasteiger partial charge in [-0.15, -0.1) is 11.3 Å². The maximum Gasteiger partial charge on any atom is 0.307 e. The van der Waals surface area contributed by atoms with Gasteiger partial charge in [-0.05, 0) is 66.1 Å². The number of fused-ring (bicyclic) bond motifs is 2. The summed E-state index contributed by atoms with van der Waals surface area (Å²) >= 11 is 7.71. The number of carbonyl (C=O) groups is 1. The van der Waals surface area contributed by atoms with E-state index < -0.39 is 5.97 Å². The van der Waals surface area contributed by atoms with Crippen LogP contribution in [0.5, 0.6) is 5.75 Å². The molecule has 0 spiro atoms. The molecule has 190 valence electrons. The van der Waals surface area contributed by atoms with Crippen LogP contribution in [0.3, 0.4) is 0 Å². The van der Waals surface area contributed by atoms with Crippen LogP contribution in [-0.2, 0) is 11.2 Å². The van der Waals surface area contributed by atoms with Crippen LogP contribution >= 0.6 is 22.9 Å². The number of hydrogen-bond donors (Lipinski definition) is 1. The fourth-order valence-corrected chi connectivity index (χ4v) is 6.16. The van der Waals surface area contributed by atoms with Crippen molar-refractivity contribution in [3.8, 4) is 38.7 Å². The Morgan fingerprint density at radius 2 is 1.87 bits per heavy atom. The second-order valence-electron chi connectivity index (χ2n) is 9.37. The minimum Gasteiger partial charge on any atom is -0.490 e. The smallest absolute Gasteiger partial charge is 0.307 e. The van der Waals surface area contributed by atoms with Crippen LogP contribution in [0, 0.1) is 6.92 Å². The molecule has 1 aliphatic rings. The Labute approximate surface area is 229 Å². The SMILES string of the molecule is Cc1cc2nc(-c3ccnc(-c4ccc5c(c4)OCCN5C)c3)sc2c(-c2ccc(Cl)cc2)c1CC(=O)O. The van der Waals surface area contributed by atoms with E-state index in [1.165, 1.54) is 0 Å². The number of pyridine rings is 1. The molecule has 0 saturated carbocycles. The largest absolute Gasteiger partial charge is 0.490 e. The fourth-order valence-electron chi connectivity index (χ4n) is 4.90. The van der Waals surface area contributed by atoms with Gasteiger partial charge in [0.15, 0.2) is 0 Å². The van der Waals surface area contributed by atoms with Crippen LogP contribution in [0.15, 0.2) is 66.9 Å². The molecule has 1 N–H and O–H groups in total. The van der Waals surface area contributed by atoms with Crippen LogP contribution < -0.4 is 9.64 Å². The summed E-state index contributed by atoms with van der Waals surface area (Å²) in [7, 11) is 2.06. The van der Waals surface area contributed by atoms with Crippen molar-refractivity contribution in [3.05, 3.63) is 83.0 Å². The molecular weight excluding hydrogens is 518 g/mol. The van der Waals surface area contributed by atoms with Crippen molar-refractivity contribution in [2.75, 3.05) is 25.1 Å². The van der Waals surface area contributed by atoms with Gasteiger partial charge in [0.05, 0.1) is 34.6 Å². The van der Waals surface area contributed by atoms with Gasteiger partial charge in [0.1, 0.15) is 17.4 Å². The van der Waals surface area contributed by atoms with Crippen molar-refractivity contribution in [2.45, 2.75) is 13.3 Å². The number of aliphatic carboxylic acids is 1. The Kier molecular flexibility index (Phi) is 6.26. The molecular formula is C30H24ClN3O3S. The van der Waals surface area contributed by atoms with Gasteiger partial charge in [-0.1, -0.05) is 29.8 Å². The van der Waals surface area contributed by atoms with Gasteiger partial charge in [0, 0.05) is 35.0 Å². The molecule has 8 heteroatoms. The summed E-state index contributed by atoms with van der Waals surface area (Å²) in [6, 6.07) is 19.7. The van der Waals surface area contributed by atoms with E-state index >= 15 is 0 Å². The first-order valence-electron chi connectivity index (χ1n) is 12.2. The molecule has 0 fully saturated rings. The number of carboxylic acid groups (broad SMARTS) is 1. The van der Waals surface area contributed by atoms with E-state index in [1.54, 1.807) is 17.5 Å². The number of likely N-dealkylation sites (N-methyl/N-ethyl adjacent to an activating group) is 1. The summed E-state index contributed by atoms with van der Waals surface area (Å²) in [4.78, 5) is 23.5. The number of carboxylic acids is 1. The third kappa shape index (κ3) is 4.48. The van der Waals surface area contributed by atoms with Crippen LogP contribution in [0.1, 0.15) is 11.1 Å². The van der Waals surface area contributed by atoms with E-state index in [0.29, 0.717) is 11.6 Å². The van der Waals surface area contributed by atoms with E-state index in [9.17, 15) is 9.90 Å². The normalized spacial score (nSPS) is 12.9. The quantitative estimate of drug-likeness (QED) is 0.255. The van der Waals surface area contributed by atoms with Crippen molar-refractivity contribution in [1.82, 2.24) is 9.97 Å². The maximum absolute atomic E-state index is 11.7. The molecule has 0 radical (unpaired) electrons. The van der Waals surface area contributed by atoms with Crippen LogP contribution in [0.2, 0.25) is 5.02 Å². The van der Waals surface area contributed by atoms with Crippen molar-refractivity contribution in [1.29, 1.82) is 0 Å². The summed E-state index contributed by atoms with van der Waals surface area (Å²) in [5.74, 6) is -0.0103. The summed E-state index contributed by atoms with van der Waals surface area (Å²) in [5, 5.41) is 11.1. The summed E-state index contributed by atoms with van der Waals surface area (Å²) < 4.78 is 6.85. The molecule has 0 saturated heterocycles. The predicted molar refractivity (Wildman–Crippen MR) is 154 cm³/mol. The van der Waals surface area contributed by atoms with Crippen LogP contribution in [-0.4, -0.2) is 41.2 Å². The highest BCUT2D eigenvalue weighted by Gasteiger charge is 2.20. The number of benzene rings is 3. The molecule has 38 heavy (non-hydrogen) atoms. The second kappa shape index (κ2) is 9.74. The first-order chi connectivity index (χ1) is 18.4. The third-order valence-corrected chi connectivity index (χ3v) is 8.22. The predicted octanol–water partition coefficient (Wildman–Crippen LogP) is 7.11. The van der Waals surface area contributed by atoms with Crippen LogP contribution in [0.4, 0.5) is 5.69 Å². The van der Waals surface area contributed by atoms with Gasteiger partial charge in [-0.3, -0.25) is 9.78 Å². The lowest BCUT2D eigenvalue weighted by molar-refractivity contribution is -0.136. The molecule has 0 unspecified atom stereocenters. The van der Waals surface area contributed by atoms with E-state index in [0.717, 1.165) is 72.3 Å². The molecule has 0 amide bonds. The van der Waals surface area contributed by atoms with Crippen molar-refractivity contribution in [3.63, 3.8) is 0 Å². The lowest BCUT2D eigenvalue weighted by Crippen LogP contribution is -2.28. The van der Waals surface area contributed by atoms with Gasteiger partial charge < -0.3 is 14.7 Å². The molecule has 5 aromatic rings. The second-order valence-corrected chi connectivity index (χ2v) is 10.8. The number of rotatable bonds is 5. The Bertz CT molecular complexity index is 1700. The Morgan fingerprint density at radius 1 is 1.08 bits per heavy atom. The minimum atomic E-state index is -0.869. The van der Waals surface area contributed by atoms with Crippen LogP contribution in [0.25, 0.3) is 43.2 Å². The monoisotopic (exact) mass is 541 g/mol. The van der Waals surface area contributed by atoms with E-state index in [-0.39, 0.29) is 6.42 Å². The molecule has 0 atom stereocenters. The molecule has 0 bridgehead atoms. The molecule has 1 aliphatic heterocycles. The summed E-state index contributed by atoms with van der Waals surface area (Å²) in [5.41, 5.74) is 8.18. The van der Waals surface area contributed by atoms with E-state index in [4.69, 9.17) is 21.3 Å². The lowest BCUT2D eigenvalue weighted by atomic mass is 9.93. The maximum atomic E-state index is 11.7.